The van der Waals surface area contributed by atoms with E-state index in [0.717, 1.165) is 18.4 Å². The van der Waals surface area contributed by atoms with Gasteiger partial charge in [0.1, 0.15) is 5.60 Å². The van der Waals surface area contributed by atoms with Gasteiger partial charge in [0.15, 0.2) is 0 Å². The summed E-state index contributed by atoms with van der Waals surface area (Å²) in [5, 5.41) is 11.7. The van der Waals surface area contributed by atoms with Crippen LogP contribution in [0, 0.1) is 11.3 Å². The Morgan fingerprint density at radius 1 is 1.45 bits per heavy atom. The first-order chi connectivity index (χ1) is 9.30. The molecule has 1 amide bonds. The van der Waals surface area contributed by atoms with E-state index in [-0.39, 0.29) is 6.04 Å². The fourth-order valence-corrected chi connectivity index (χ4v) is 1.76. The van der Waals surface area contributed by atoms with Crippen LogP contribution in [0.25, 0.3) is 0 Å². The van der Waals surface area contributed by atoms with E-state index >= 15 is 0 Å². The van der Waals surface area contributed by atoms with Crippen molar-refractivity contribution < 1.29 is 9.53 Å². The van der Waals surface area contributed by atoms with Crippen molar-refractivity contribution in [3.8, 4) is 6.07 Å². The van der Waals surface area contributed by atoms with E-state index in [2.05, 4.69) is 11.4 Å². The van der Waals surface area contributed by atoms with E-state index < -0.39 is 11.7 Å². The lowest BCUT2D eigenvalue weighted by atomic mass is 10.0. The van der Waals surface area contributed by atoms with Gasteiger partial charge in [-0.25, -0.2) is 4.79 Å². The Labute approximate surface area is 120 Å². The summed E-state index contributed by atoms with van der Waals surface area (Å²) < 4.78 is 5.20. The number of amides is 1. The highest BCUT2D eigenvalue weighted by Crippen LogP contribution is 2.10. The summed E-state index contributed by atoms with van der Waals surface area (Å²) >= 11 is 0. The molecule has 108 valence electrons. The number of nitrogens with zero attached hydrogens (tertiary/aromatic N) is 1. The molecule has 1 aromatic carbocycles. The third-order valence-electron chi connectivity index (χ3n) is 2.69. The minimum atomic E-state index is -0.481. The third-order valence-corrected chi connectivity index (χ3v) is 2.69. The first kappa shape index (κ1) is 16.0. The van der Waals surface area contributed by atoms with Crippen LogP contribution in [0.1, 0.15) is 45.2 Å². The zero-order valence-electron chi connectivity index (χ0n) is 12.6. The Morgan fingerprint density at radius 2 is 2.15 bits per heavy atom. The second kappa shape index (κ2) is 6.95. The van der Waals surface area contributed by atoms with Gasteiger partial charge in [0.05, 0.1) is 11.6 Å². The summed E-state index contributed by atoms with van der Waals surface area (Å²) in [6, 6.07) is 9.67. The third kappa shape index (κ3) is 6.24. The summed E-state index contributed by atoms with van der Waals surface area (Å²) in [4.78, 5) is 11.6. The van der Waals surface area contributed by atoms with Crippen LogP contribution in [0.4, 0.5) is 4.79 Å². The largest absolute Gasteiger partial charge is 0.444 e. The molecule has 0 heterocycles. The normalized spacial score (nSPS) is 12.3. The topological polar surface area (TPSA) is 62.1 Å². The molecule has 0 radical (unpaired) electrons. The van der Waals surface area contributed by atoms with E-state index in [1.165, 1.54) is 0 Å². The number of nitriles is 1. The van der Waals surface area contributed by atoms with Gasteiger partial charge in [0.25, 0.3) is 0 Å². The first-order valence-corrected chi connectivity index (χ1v) is 6.79. The fourth-order valence-electron chi connectivity index (χ4n) is 1.76. The highest BCUT2D eigenvalue weighted by Gasteiger charge is 2.17. The Hall–Kier alpha value is -2.02. The van der Waals surface area contributed by atoms with Crippen molar-refractivity contribution in [2.45, 2.75) is 52.2 Å². The monoisotopic (exact) mass is 274 g/mol. The molecule has 0 saturated carbocycles. The molecule has 0 bridgehead atoms. The maximum atomic E-state index is 11.6. The van der Waals surface area contributed by atoms with Crippen LogP contribution in [0.5, 0.6) is 0 Å². The summed E-state index contributed by atoms with van der Waals surface area (Å²) in [7, 11) is 0. The molecule has 0 spiro atoms. The Bertz CT molecular complexity index is 498. The van der Waals surface area contributed by atoms with Gasteiger partial charge < -0.3 is 10.1 Å². The van der Waals surface area contributed by atoms with Gasteiger partial charge in [0, 0.05) is 6.04 Å². The van der Waals surface area contributed by atoms with Crippen molar-refractivity contribution >= 4 is 6.09 Å². The summed E-state index contributed by atoms with van der Waals surface area (Å²) in [6.07, 6.45) is 1.22. The van der Waals surface area contributed by atoms with Crippen LogP contribution >= 0.6 is 0 Å². The predicted octanol–water partition coefficient (Wildman–Crippen LogP) is 3.40. The minimum Gasteiger partial charge on any atom is -0.444 e. The molecule has 1 atom stereocenters. The molecular weight excluding hydrogens is 252 g/mol. The highest BCUT2D eigenvalue weighted by molar-refractivity contribution is 5.68. The number of nitrogens with one attached hydrogen (secondary N) is 1. The van der Waals surface area contributed by atoms with Crippen molar-refractivity contribution in [2.75, 3.05) is 0 Å². The molecule has 0 aliphatic carbocycles. The number of hydrogen-bond donors (Lipinski definition) is 1. The van der Waals surface area contributed by atoms with Crippen LogP contribution in [-0.4, -0.2) is 17.7 Å². The van der Waals surface area contributed by atoms with Crippen LogP contribution in [0.2, 0.25) is 0 Å². The molecule has 0 aromatic heterocycles. The molecular formula is C16H22N2O2. The smallest absolute Gasteiger partial charge is 0.407 e. The number of hydrogen-bond acceptors (Lipinski definition) is 3. The number of alkyl carbamates (subject to hydrolysis) is 1. The van der Waals surface area contributed by atoms with Gasteiger partial charge in [-0.1, -0.05) is 12.1 Å². The standard InChI is InChI=1S/C16H22N2O2/c1-12(18-15(19)20-16(2,3)4)8-9-13-6-5-7-14(10-13)11-17/h5-7,10,12H,8-9H2,1-4H3,(H,18,19). The number of aryl methyl sites for hydroxylation is 1. The highest BCUT2D eigenvalue weighted by atomic mass is 16.6. The van der Waals surface area contributed by atoms with Gasteiger partial charge in [-0.3, -0.25) is 0 Å². The van der Waals surface area contributed by atoms with Crippen molar-refractivity contribution in [3.63, 3.8) is 0 Å². The molecule has 1 rings (SSSR count). The van der Waals surface area contributed by atoms with Crippen LogP contribution in [-0.2, 0) is 11.2 Å². The summed E-state index contributed by atoms with van der Waals surface area (Å²) in [5.74, 6) is 0. The second-order valence-corrected chi connectivity index (χ2v) is 5.90. The molecule has 4 nitrogen and oxygen atoms in total. The summed E-state index contributed by atoms with van der Waals surface area (Å²) in [5.41, 5.74) is 1.28. The molecule has 0 aliphatic heterocycles. The molecule has 1 aromatic rings. The van der Waals surface area contributed by atoms with E-state index in [1.807, 2.05) is 45.9 Å². The van der Waals surface area contributed by atoms with Gasteiger partial charge >= 0.3 is 6.09 Å². The molecule has 4 heteroatoms. The van der Waals surface area contributed by atoms with Crippen LogP contribution in [0.15, 0.2) is 24.3 Å². The lowest BCUT2D eigenvalue weighted by molar-refractivity contribution is 0.0506. The van der Waals surface area contributed by atoms with Crippen molar-refractivity contribution in [1.82, 2.24) is 5.32 Å². The second-order valence-electron chi connectivity index (χ2n) is 5.90. The van der Waals surface area contributed by atoms with E-state index in [9.17, 15) is 4.79 Å². The molecule has 0 saturated heterocycles. The van der Waals surface area contributed by atoms with Gasteiger partial charge in [-0.05, 0) is 58.2 Å². The van der Waals surface area contributed by atoms with Crippen molar-refractivity contribution in [1.29, 1.82) is 5.26 Å². The average molecular weight is 274 g/mol. The van der Waals surface area contributed by atoms with E-state index in [0.29, 0.717) is 5.56 Å². The molecule has 0 fully saturated rings. The SMILES string of the molecule is CC(CCc1cccc(C#N)c1)NC(=O)OC(C)(C)C. The van der Waals surface area contributed by atoms with Gasteiger partial charge in [0.2, 0.25) is 0 Å². The molecule has 1 N–H and O–H groups in total. The van der Waals surface area contributed by atoms with E-state index in [1.54, 1.807) is 6.07 Å². The molecule has 20 heavy (non-hydrogen) atoms. The zero-order valence-corrected chi connectivity index (χ0v) is 12.6. The van der Waals surface area contributed by atoms with Crippen LogP contribution < -0.4 is 5.32 Å². The number of rotatable bonds is 4. The predicted molar refractivity (Wildman–Crippen MR) is 78.3 cm³/mol. The Balaban J connectivity index is 2.41. The number of carbonyl (C=O) groups is 1. The van der Waals surface area contributed by atoms with Crippen LogP contribution in [0.3, 0.4) is 0 Å². The molecule has 0 aliphatic rings. The quantitative estimate of drug-likeness (QED) is 0.915. The molecule has 1 unspecified atom stereocenters. The number of benzene rings is 1. The Kier molecular flexibility index (Phi) is 5.57. The maximum absolute atomic E-state index is 11.6. The maximum Gasteiger partial charge on any atom is 0.407 e. The minimum absolute atomic E-state index is 0.0237. The zero-order chi connectivity index (χ0) is 15.2. The fraction of sp³-hybridized carbons (Fsp3) is 0.500. The number of carbonyl (C=O) groups excluding carboxylic acids is 1. The van der Waals surface area contributed by atoms with E-state index in [4.69, 9.17) is 10.00 Å². The Morgan fingerprint density at radius 3 is 2.75 bits per heavy atom. The first-order valence-electron chi connectivity index (χ1n) is 6.79. The van der Waals surface area contributed by atoms with Crippen molar-refractivity contribution in [3.05, 3.63) is 35.4 Å². The van der Waals surface area contributed by atoms with Gasteiger partial charge in [-0.2, -0.15) is 5.26 Å². The summed E-state index contributed by atoms with van der Waals surface area (Å²) in [6.45, 7) is 7.46. The van der Waals surface area contributed by atoms with Gasteiger partial charge in [-0.15, -0.1) is 0 Å². The number of ether oxygens (including phenoxy) is 1. The average Bonchev–Trinajstić information content (AvgIpc) is 2.34. The lowest BCUT2D eigenvalue weighted by Crippen LogP contribution is -2.37. The van der Waals surface area contributed by atoms with Crippen molar-refractivity contribution in [2.24, 2.45) is 0 Å². The lowest BCUT2D eigenvalue weighted by Gasteiger charge is -2.22.